The highest BCUT2D eigenvalue weighted by Gasteiger charge is 2.39. The predicted molar refractivity (Wildman–Crippen MR) is 107 cm³/mol. The standard InChI is InChI=1S/C16H18BrF4N5O4S/c1-7(27)12(6-30-2)25-14-10(17)5-23-15(26-14)24-8-3-9(16(19,20)21)13(11(18)4-8)31(22,28)29/h3-5,7,12,27H,6H2,1-2H3,(H2,22,28,29)(H2,23,24,25,26)/t7-,12-/m1/s1. The Kier molecular flexibility index (Phi) is 7.80. The van der Waals surface area contributed by atoms with Gasteiger partial charge in [0.1, 0.15) is 16.5 Å². The van der Waals surface area contributed by atoms with Crippen LogP contribution in [0.25, 0.3) is 0 Å². The quantitative estimate of drug-likeness (QED) is 0.381. The van der Waals surface area contributed by atoms with Crippen molar-refractivity contribution in [3.63, 3.8) is 0 Å². The van der Waals surface area contributed by atoms with Crippen LogP contribution in [0.3, 0.4) is 0 Å². The van der Waals surface area contributed by atoms with Gasteiger partial charge in [0.25, 0.3) is 0 Å². The molecule has 5 N–H and O–H groups in total. The summed E-state index contributed by atoms with van der Waals surface area (Å²) >= 11 is 3.20. The highest BCUT2D eigenvalue weighted by molar-refractivity contribution is 9.10. The van der Waals surface area contributed by atoms with E-state index in [2.05, 4.69) is 36.5 Å². The fourth-order valence-electron chi connectivity index (χ4n) is 2.48. The summed E-state index contributed by atoms with van der Waals surface area (Å²) in [7, 11) is -3.55. The predicted octanol–water partition coefficient (Wildman–Crippen LogP) is 2.60. The van der Waals surface area contributed by atoms with Gasteiger partial charge in [0, 0.05) is 19.0 Å². The van der Waals surface area contributed by atoms with E-state index < -0.39 is 50.3 Å². The molecule has 0 bridgehead atoms. The van der Waals surface area contributed by atoms with E-state index in [0.29, 0.717) is 16.6 Å². The molecule has 0 radical (unpaired) electrons. The molecule has 1 aromatic heterocycles. The highest BCUT2D eigenvalue weighted by Crippen LogP contribution is 2.37. The van der Waals surface area contributed by atoms with Crippen molar-refractivity contribution in [2.24, 2.45) is 5.14 Å². The Balaban J connectivity index is 2.44. The van der Waals surface area contributed by atoms with Crippen LogP contribution in [0.4, 0.5) is 35.0 Å². The molecule has 0 fully saturated rings. The van der Waals surface area contributed by atoms with E-state index in [4.69, 9.17) is 9.88 Å². The molecule has 0 unspecified atom stereocenters. The number of aliphatic hydroxyl groups excluding tert-OH is 1. The van der Waals surface area contributed by atoms with Crippen molar-refractivity contribution in [2.45, 2.75) is 30.1 Å². The number of methoxy groups -OCH3 is 1. The third-order valence-corrected chi connectivity index (χ3v) is 5.45. The Morgan fingerprint density at radius 1 is 1.35 bits per heavy atom. The lowest BCUT2D eigenvalue weighted by molar-refractivity contribution is -0.140. The van der Waals surface area contributed by atoms with Gasteiger partial charge in [0.05, 0.1) is 28.8 Å². The van der Waals surface area contributed by atoms with Gasteiger partial charge in [-0.25, -0.2) is 22.9 Å². The van der Waals surface area contributed by atoms with Gasteiger partial charge in [0.2, 0.25) is 16.0 Å². The average Bonchev–Trinajstić information content (AvgIpc) is 2.61. The van der Waals surface area contributed by atoms with Crippen LogP contribution in [-0.2, 0) is 20.9 Å². The van der Waals surface area contributed by atoms with Crippen LogP contribution in [0.15, 0.2) is 27.7 Å². The number of nitrogens with one attached hydrogen (secondary N) is 2. The number of hydrogen-bond donors (Lipinski definition) is 4. The molecular formula is C16H18BrF4N5O4S. The van der Waals surface area contributed by atoms with Crippen LogP contribution in [0.2, 0.25) is 0 Å². The maximum absolute atomic E-state index is 14.2. The first-order chi connectivity index (χ1) is 14.2. The lowest BCUT2D eigenvalue weighted by Crippen LogP contribution is -2.36. The number of sulfonamides is 1. The molecule has 172 valence electrons. The zero-order valence-electron chi connectivity index (χ0n) is 16.0. The van der Waals surface area contributed by atoms with E-state index in [1.54, 1.807) is 0 Å². The second-order valence-electron chi connectivity index (χ2n) is 6.34. The Morgan fingerprint density at radius 3 is 2.52 bits per heavy atom. The number of rotatable bonds is 8. The first-order valence-corrected chi connectivity index (χ1v) is 10.7. The average molecular weight is 532 g/mol. The highest BCUT2D eigenvalue weighted by atomic mass is 79.9. The van der Waals surface area contributed by atoms with Gasteiger partial charge in [0.15, 0.2) is 0 Å². The summed E-state index contributed by atoms with van der Waals surface area (Å²) in [6, 6.07) is 0.328. The van der Waals surface area contributed by atoms with Gasteiger partial charge >= 0.3 is 6.18 Å². The molecule has 15 heteroatoms. The Morgan fingerprint density at radius 2 is 2.00 bits per heavy atom. The Labute approximate surface area is 183 Å². The van der Waals surface area contributed by atoms with Crippen molar-refractivity contribution in [1.29, 1.82) is 0 Å². The van der Waals surface area contributed by atoms with Crippen molar-refractivity contribution in [3.8, 4) is 0 Å². The molecule has 31 heavy (non-hydrogen) atoms. The van der Waals surface area contributed by atoms with Gasteiger partial charge < -0.3 is 20.5 Å². The van der Waals surface area contributed by atoms with Gasteiger partial charge in [-0.1, -0.05) is 0 Å². The van der Waals surface area contributed by atoms with E-state index in [1.807, 2.05) is 0 Å². The molecule has 0 aliphatic heterocycles. The molecule has 0 amide bonds. The molecule has 1 aromatic carbocycles. The molecule has 2 aromatic rings. The normalized spacial score (nSPS) is 14.2. The van der Waals surface area contributed by atoms with E-state index in [0.717, 1.165) is 0 Å². The summed E-state index contributed by atoms with van der Waals surface area (Å²) in [4.78, 5) is 6.28. The molecule has 0 aliphatic rings. The van der Waals surface area contributed by atoms with E-state index >= 15 is 0 Å². The fraction of sp³-hybridized carbons (Fsp3) is 0.375. The monoisotopic (exact) mass is 531 g/mol. The van der Waals surface area contributed by atoms with E-state index in [9.17, 15) is 31.1 Å². The Bertz CT molecular complexity index is 1050. The third-order valence-electron chi connectivity index (χ3n) is 3.88. The van der Waals surface area contributed by atoms with Crippen LogP contribution < -0.4 is 15.8 Å². The van der Waals surface area contributed by atoms with Gasteiger partial charge in [-0.2, -0.15) is 18.2 Å². The van der Waals surface area contributed by atoms with Crippen molar-refractivity contribution in [2.75, 3.05) is 24.4 Å². The van der Waals surface area contributed by atoms with Crippen molar-refractivity contribution >= 4 is 43.4 Å². The molecule has 9 nitrogen and oxygen atoms in total. The minimum absolute atomic E-state index is 0.117. The number of benzene rings is 1. The van der Waals surface area contributed by atoms with Gasteiger partial charge in [-0.05, 0) is 35.0 Å². The van der Waals surface area contributed by atoms with E-state index in [1.165, 1.54) is 20.2 Å². The maximum Gasteiger partial charge on any atom is 0.417 e. The van der Waals surface area contributed by atoms with Crippen LogP contribution in [0.1, 0.15) is 12.5 Å². The summed E-state index contributed by atoms with van der Waals surface area (Å²) in [5.41, 5.74) is -2.24. The lowest BCUT2D eigenvalue weighted by Gasteiger charge is -2.22. The SMILES string of the molecule is COC[C@@H](Nc1nc(Nc2cc(F)c(S(N)(=O)=O)c(C(F)(F)F)c2)ncc1Br)[C@@H](C)O. The fourth-order valence-corrected chi connectivity index (χ4v) is 3.60. The number of nitrogens with zero attached hydrogens (tertiary/aromatic N) is 2. The number of aromatic nitrogens is 2. The number of alkyl halides is 3. The zero-order chi connectivity index (χ0) is 23.6. The van der Waals surface area contributed by atoms with Crippen LogP contribution >= 0.6 is 15.9 Å². The maximum atomic E-state index is 14.2. The molecule has 0 saturated carbocycles. The number of nitrogens with two attached hydrogens (primary N) is 1. The van der Waals surface area contributed by atoms with Gasteiger partial charge in [-0.15, -0.1) is 0 Å². The summed E-state index contributed by atoms with van der Waals surface area (Å²) in [6.07, 6.45) is -4.77. The van der Waals surface area contributed by atoms with Gasteiger partial charge in [-0.3, -0.25) is 0 Å². The largest absolute Gasteiger partial charge is 0.417 e. The molecular weight excluding hydrogens is 514 g/mol. The molecule has 0 saturated heterocycles. The topological polar surface area (TPSA) is 139 Å². The van der Waals surface area contributed by atoms with Crippen LogP contribution in [0, 0.1) is 5.82 Å². The number of halogens is 5. The third kappa shape index (κ3) is 6.46. The summed E-state index contributed by atoms with van der Waals surface area (Å²) in [6.45, 7) is 1.63. The van der Waals surface area contributed by atoms with Crippen molar-refractivity contribution in [3.05, 3.63) is 34.2 Å². The molecule has 0 spiro atoms. The summed E-state index contributed by atoms with van der Waals surface area (Å²) in [5, 5.41) is 19.8. The zero-order valence-corrected chi connectivity index (χ0v) is 18.4. The van der Waals surface area contributed by atoms with Crippen LogP contribution in [-0.4, -0.2) is 49.4 Å². The molecule has 2 atom stereocenters. The smallest absolute Gasteiger partial charge is 0.391 e. The van der Waals surface area contributed by atoms with E-state index in [-0.39, 0.29) is 18.4 Å². The minimum Gasteiger partial charge on any atom is -0.391 e. The number of ether oxygens (including phenoxy) is 1. The number of hydrogen-bond acceptors (Lipinski definition) is 8. The lowest BCUT2D eigenvalue weighted by atomic mass is 10.2. The van der Waals surface area contributed by atoms with Crippen LogP contribution in [0.5, 0.6) is 0 Å². The second kappa shape index (κ2) is 9.60. The number of primary sulfonamides is 1. The first-order valence-electron chi connectivity index (χ1n) is 8.40. The minimum atomic E-state index is -5.20. The number of anilines is 3. The molecule has 1 heterocycles. The van der Waals surface area contributed by atoms with Crippen molar-refractivity contribution < 1.29 is 35.8 Å². The Hall–Kier alpha value is -2.07. The summed E-state index contributed by atoms with van der Waals surface area (Å²) < 4.78 is 82.3. The first kappa shape index (κ1) is 25.2. The van der Waals surface area contributed by atoms with Crippen molar-refractivity contribution in [1.82, 2.24) is 9.97 Å². The molecule has 0 aliphatic carbocycles. The number of aliphatic hydroxyl groups is 1. The molecule has 2 rings (SSSR count). The summed E-state index contributed by atoms with van der Waals surface area (Å²) in [5.74, 6) is -1.76. The second-order valence-corrected chi connectivity index (χ2v) is 8.69.